The molecule has 4 heteroatoms. The predicted octanol–water partition coefficient (Wildman–Crippen LogP) is 15.8. The van der Waals surface area contributed by atoms with Crippen molar-refractivity contribution in [3.63, 3.8) is 0 Å². The number of hydrogen-bond acceptors (Lipinski definition) is 1. The number of hydrogen-bond donors (Lipinski definition) is 0. The second-order valence-corrected chi connectivity index (χ2v) is 14.6. The van der Waals surface area contributed by atoms with Crippen molar-refractivity contribution in [3.05, 3.63) is 230 Å². The zero-order valence-electron chi connectivity index (χ0n) is 32.4. The predicted molar refractivity (Wildman–Crippen MR) is 240 cm³/mol. The van der Waals surface area contributed by atoms with E-state index in [0.717, 1.165) is 83.5 Å². The molecule has 0 atom stereocenters. The van der Waals surface area contributed by atoms with E-state index in [0.29, 0.717) is 5.56 Å². The largest absolute Gasteiger partial charge is 0.454 e. The lowest BCUT2D eigenvalue weighted by Gasteiger charge is -2.22. The number of Topliss-reactive ketones (excluding diaryl/α,β-unsaturated/α-hetero) is 1. The molecule has 9 aromatic carbocycles. The van der Waals surface area contributed by atoms with Crippen molar-refractivity contribution >= 4 is 5.78 Å². The molecule has 0 aliphatic rings. The lowest BCUT2D eigenvalue weighted by molar-refractivity contribution is -0.0885. The summed E-state index contributed by atoms with van der Waals surface area (Å²) in [6.45, 7) is 0. The molecule has 0 fully saturated rings. The summed E-state index contributed by atoms with van der Waals surface area (Å²) < 4.78 is 40.2. The van der Waals surface area contributed by atoms with Crippen LogP contribution < -0.4 is 0 Å². The minimum Gasteiger partial charge on any atom is -0.284 e. The van der Waals surface area contributed by atoms with E-state index in [9.17, 15) is 18.0 Å². The monoisotopic (exact) mass is 782 g/mol. The SMILES string of the molecule is O=C(c1ccc(-c2ccc(-c3ccccc3)c(-c3ccc(-c4c(-c5ccccc5)ccc(-c5ccccc5)c4-c4ccccc4)cc3)c2-c2ccccc2)cc1)C(F)(F)F. The minimum atomic E-state index is -4.96. The van der Waals surface area contributed by atoms with Crippen molar-refractivity contribution in [1.29, 1.82) is 0 Å². The van der Waals surface area contributed by atoms with E-state index in [1.165, 1.54) is 12.1 Å². The van der Waals surface area contributed by atoms with Gasteiger partial charge < -0.3 is 0 Å². The van der Waals surface area contributed by atoms with Crippen molar-refractivity contribution in [2.45, 2.75) is 6.18 Å². The molecule has 0 radical (unpaired) electrons. The van der Waals surface area contributed by atoms with E-state index in [4.69, 9.17) is 0 Å². The highest BCUT2D eigenvalue weighted by Gasteiger charge is 2.39. The molecule has 60 heavy (non-hydrogen) atoms. The molecule has 288 valence electrons. The smallest absolute Gasteiger partial charge is 0.284 e. The third-order valence-corrected chi connectivity index (χ3v) is 11.0. The zero-order valence-corrected chi connectivity index (χ0v) is 32.4. The Morgan fingerprint density at radius 1 is 0.267 bits per heavy atom. The molecule has 0 bridgehead atoms. The lowest BCUT2D eigenvalue weighted by Crippen LogP contribution is -2.22. The van der Waals surface area contributed by atoms with Gasteiger partial charge in [0.15, 0.2) is 0 Å². The fourth-order valence-electron chi connectivity index (χ4n) is 8.20. The molecule has 0 saturated heterocycles. The topological polar surface area (TPSA) is 17.1 Å². The molecule has 0 aliphatic heterocycles. The van der Waals surface area contributed by atoms with Gasteiger partial charge in [-0.15, -0.1) is 0 Å². The standard InChI is InChI=1S/C56H37F3O/c57-56(58,59)55(60)46-32-26-41(27-33-46)50-37-36-49(40-20-10-3-11-21-40)54(52(50)43-24-14-5-15-25-43)45-30-28-44(29-31-45)53-48(39-18-8-2-9-19-39)35-34-47(38-16-6-1-7-17-38)51(53)42-22-12-4-13-23-42/h1-37H. The molecule has 0 unspecified atom stereocenters. The first-order valence-corrected chi connectivity index (χ1v) is 19.8. The number of carbonyl (C=O) groups is 1. The summed E-state index contributed by atoms with van der Waals surface area (Å²) >= 11 is 0. The van der Waals surface area contributed by atoms with Crippen molar-refractivity contribution in [2.24, 2.45) is 0 Å². The van der Waals surface area contributed by atoms with Crippen molar-refractivity contribution in [2.75, 3.05) is 0 Å². The molecule has 0 aliphatic carbocycles. The molecule has 1 nitrogen and oxygen atoms in total. The average Bonchev–Trinajstić information content (AvgIpc) is 3.31. The first-order valence-electron chi connectivity index (χ1n) is 19.8. The van der Waals surface area contributed by atoms with Crippen LogP contribution in [0.2, 0.25) is 0 Å². The number of alkyl halides is 3. The Bertz CT molecular complexity index is 2910. The molecule has 0 amide bonds. The van der Waals surface area contributed by atoms with Gasteiger partial charge in [-0.05, 0) is 89.0 Å². The fraction of sp³-hybridized carbons (Fsp3) is 0.0179. The third kappa shape index (κ3) is 7.47. The van der Waals surface area contributed by atoms with E-state index in [2.05, 4.69) is 140 Å². The Hall–Kier alpha value is -7.56. The number of halogens is 3. The van der Waals surface area contributed by atoms with Crippen LogP contribution in [0.5, 0.6) is 0 Å². The highest BCUT2D eigenvalue weighted by molar-refractivity contribution is 6.05. The summed E-state index contributed by atoms with van der Waals surface area (Å²) in [4.78, 5) is 12.1. The quantitative estimate of drug-likeness (QED) is 0.133. The van der Waals surface area contributed by atoms with Crippen LogP contribution in [0, 0.1) is 0 Å². The van der Waals surface area contributed by atoms with Gasteiger partial charge in [0.1, 0.15) is 0 Å². The summed E-state index contributed by atoms with van der Waals surface area (Å²) in [6, 6.07) is 74.8. The molecule has 9 aromatic rings. The molecule has 0 N–H and O–H groups in total. The van der Waals surface area contributed by atoms with Crippen molar-refractivity contribution < 1.29 is 18.0 Å². The zero-order chi connectivity index (χ0) is 41.1. The molecule has 0 saturated carbocycles. The maximum Gasteiger partial charge on any atom is 0.454 e. The van der Waals surface area contributed by atoms with Crippen LogP contribution in [-0.4, -0.2) is 12.0 Å². The van der Waals surface area contributed by atoms with Gasteiger partial charge in [0.25, 0.3) is 5.78 Å². The Balaban J connectivity index is 1.29. The van der Waals surface area contributed by atoms with Crippen molar-refractivity contribution in [3.8, 4) is 89.0 Å². The third-order valence-electron chi connectivity index (χ3n) is 11.0. The Morgan fingerprint density at radius 3 is 0.750 bits per heavy atom. The van der Waals surface area contributed by atoms with Gasteiger partial charge in [0.05, 0.1) is 0 Å². The Labute approximate surface area is 347 Å². The summed E-state index contributed by atoms with van der Waals surface area (Å²) in [6.07, 6.45) is -4.96. The van der Waals surface area contributed by atoms with E-state index < -0.39 is 17.5 Å². The molecular weight excluding hydrogens is 746 g/mol. The lowest BCUT2D eigenvalue weighted by atomic mass is 9.81. The molecular formula is C56H37F3O. The van der Waals surface area contributed by atoms with Gasteiger partial charge >= 0.3 is 6.18 Å². The van der Waals surface area contributed by atoms with Crippen LogP contribution in [0.25, 0.3) is 89.0 Å². The fourth-order valence-corrected chi connectivity index (χ4v) is 8.20. The van der Waals surface area contributed by atoms with E-state index in [1.807, 2.05) is 60.7 Å². The molecule has 0 spiro atoms. The van der Waals surface area contributed by atoms with Crippen LogP contribution in [-0.2, 0) is 0 Å². The van der Waals surface area contributed by atoms with Crippen molar-refractivity contribution in [1.82, 2.24) is 0 Å². The van der Waals surface area contributed by atoms with Gasteiger partial charge in [-0.2, -0.15) is 13.2 Å². The number of benzene rings is 9. The van der Waals surface area contributed by atoms with E-state index >= 15 is 0 Å². The van der Waals surface area contributed by atoms with E-state index in [-0.39, 0.29) is 0 Å². The van der Waals surface area contributed by atoms with Gasteiger partial charge in [0, 0.05) is 5.56 Å². The second kappa shape index (κ2) is 16.4. The maximum absolute atomic E-state index is 13.4. The summed E-state index contributed by atoms with van der Waals surface area (Å²) in [7, 11) is 0. The van der Waals surface area contributed by atoms with Gasteiger partial charge in [-0.1, -0.05) is 224 Å². The summed E-state index contributed by atoms with van der Waals surface area (Å²) in [5.41, 5.74) is 15.9. The normalized spacial score (nSPS) is 11.3. The first-order chi connectivity index (χ1) is 29.3. The molecule has 0 heterocycles. The highest BCUT2D eigenvalue weighted by atomic mass is 19.4. The van der Waals surface area contributed by atoms with Crippen LogP contribution in [0.15, 0.2) is 224 Å². The Morgan fingerprint density at radius 2 is 0.483 bits per heavy atom. The number of ketones is 1. The molecule has 9 rings (SSSR count). The van der Waals surface area contributed by atoms with Crippen LogP contribution >= 0.6 is 0 Å². The van der Waals surface area contributed by atoms with E-state index in [1.54, 1.807) is 12.1 Å². The number of carbonyl (C=O) groups excluding carboxylic acids is 1. The number of rotatable bonds is 9. The van der Waals surface area contributed by atoms with Crippen LogP contribution in [0.1, 0.15) is 10.4 Å². The summed E-state index contributed by atoms with van der Waals surface area (Å²) in [5.74, 6) is -1.86. The first kappa shape index (κ1) is 38.0. The average molecular weight is 783 g/mol. The summed E-state index contributed by atoms with van der Waals surface area (Å²) in [5, 5.41) is 0. The van der Waals surface area contributed by atoms with Gasteiger partial charge in [0.2, 0.25) is 0 Å². The minimum absolute atomic E-state index is 0.398. The molecule has 0 aromatic heterocycles. The Kier molecular flexibility index (Phi) is 10.4. The second-order valence-electron chi connectivity index (χ2n) is 14.6. The maximum atomic E-state index is 13.4. The van der Waals surface area contributed by atoms with Gasteiger partial charge in [-0.25, -0.2) is 0 Å². The highest BCUT2D eigenvalue weighted by Crippen LogP contribution is 2.49. The van der Waals surface area contributed by atoms with Gasteiger partial charge in [-0.3, -0.25) is 4.79 Å². The van der Waals surface area contributed by atoms with Crippen LogP contribution in [0.3, 0.4) is 0 Å². The van der Waals surface area contributed by atoms with Crippen LogP contribution in [0.4, 0.5) is 13.2 Å².